The Bertz CT molecular complexity index is 258. The summed E-state index contributed by atoms with van der Waals surface area (Å²) in [5.41, 5.74) is 0. The zero-order valence-electron chi connectivity index (χ0n) is 11.1. The number of carbonyl (C=O) groups is 1. The van der Waals surface area contributed by atoms with Gasteiger partial charge in [-0.2, -0.15) is 0 Å². The molecule has 1 heterocycles. The highest BCUT2D eigenvalue weighted by molar-refractivity contribution is 5.78. The second kappa shape index (κ2) is 4.38. The van der Waals surface area contributed by atoms with Crippen molar-refractivity contribution in [3.05, 3.63) is 0 Å². The molecule has 1 aliphatic carbocycles. The zero-order chi connectivity index (χ0) is 11.9. The Hall–Kier alpha value is -0.530. The Balaban J connectivity index is 2.05. The summed E-state index contributed by atoms with van der Waals surface area (Å²) < 4.78 is 0. The van der Waals surface area contributed by atoms with Crippen molar-refractivity contribution in [1.29, 1.82) is 0 Å². The molecule has 0 spiro atoms. The van der Waals surface area contributed by atoms with Crippen molar-refractivity contribution in [3.8, 4) is 0 Å². The van der Waals surface area contributed by atoms with Crippen LogP contribution in [0.3, 0.4) is 0 Å². The van der Waals surface area contributed by atoms with Gasteiger partial charge in [-0.25, -0.2) is 0 Å². The Labute approximate surface area is 99.4 Å². The highest BCUT2D eigenvalue weighted by Gasteiger charge is 2.44. The third-order valence-corrected chi connectivity index (χ3v) is 4.48. The summed E-state index contributed by atoms with van der Waals surface area (Å²) in [6, 6.07) is 0. The lowest BCUT2D eigenvalue weighted by Crippen LogP contribution is -2.47. The molecule has 0 aromatic carbocycles. The van der Waals surface area contributed by atoms with Gasteiger partial charge in [0.1, 0.15) is 0 Å². The summed E-state index contributed by atoms with van der Waals surface area (Å²) in [6.45, 7) is 10.8. The van der Waals surface area contributed by atoms with Crippen LogP contribution in [0.25, 0.3) is 0 Å². The van der Waals surface area contributed by atoms with E-state index in [-0.39, 0.29) is 5.92 Å². The number of nitrogens with zero attached hydrogens (tertiary/aromatic N) is 1. The first-order valence-electron chi connectivity index (χ1n) is 6.79. The first-order valence-corrected chi connectivity index (χ1v) is 6.79. The number of hydrogen-bond donors (Lipinski definition) is 0. The predicted molar refractivity (Wildman–Crippen MR) is 66.0 cm³/mol. The summed E-state index contributed by atoms with van der Waals surface area (Å²) in [4.78, 5) is 14.2. The molecule has 2 aliphatic rings. The van der Waals surface area contributed by atoms with Crippen molar-refractivity contribution in [2.75, 3.05) is 13.1 Å². The van der Waals surface area contributed by atoms with Gasteiger partial charge in [0.15, 0.2) is 0 Å². The highest BCUT2D eigenvalue weighted by atomic mass is 16.2. The van der Waals surface area contributed by atoms with Gasteiger partial charge in [-0.05, 0) is 36.5 Å². The van der Waals surface area contributed by atoms with Gasteiger partial charge in [-0.15, -0.1) is 0 Å². The van der Waals surface area contributed by atoms with Crippen LogP contribution in [-0.4, -0.2) is 23.9 Å². The maximum absolute atomic E-state index is 12.0. The standard InChI is InChI=1S/C14H25NO/c1-9(2)13-11-5-6-12(13)8-15(7-11)14(16)10(3)4/h9-13H,5-8H2,1-4H3. The van der Waals surface area contributed by atoms with Crippen molar-refractivity contribution in [2.24, 2.45) is 29.6 Å². The third-order valence-electron chi connectivity index (χ3n) is 4.48. The van der Waals surface area contributed by atoms with E-state index in [0.29, 0.717) is 5.91 Å². The fourth-order valence-electron chi connectivity index (χ4n) is 3.90. The molecule has 1 aliphatic heterocycles. The van der Waals surface area contributed by atoms with E-state index in [9.17, 15) is 4.79 Å². The van der Waals surface area contributed by atoms with Gasteiger partial charge in [-0.1, -0.05) is 27.7 Å². The SMILES string of the molecule is CC(C)C(=O)N1CC2CCC(C1)C2C(C)C. The molecule has 0 N–H and O–H groups in total. The maximum Gasteiger partial charge on any atom is 0.225 e. The largest absolute Gasteiger partial charge is 0.342 e. The van der Waals surface area contributed by atoms with Gasteiger partial charge < -0.3 is 4.90 Å². The van der Waals surface area contributed by atoms with Crippen LogP contribution in [0.5, 0.6) is 0 Å². The molecule has 1 amide bonds. The smallest absolute Gasteiger partial charge is 0.225 e. The van der Waals surface area contributed by atoms with Crippen LogP contribution >= 0.6 is 0 Å². The molecule has 16 heavy (non-hydrogen) atoms. The van der Waals surface area contributed by atoms with E-state index in [1.54, 1.807) is 0 Å². The summed E-state index contributed by atoms with van der Waals surface area (Å²) in [6.07, 6.45) is 2.69. The molecule has 92 valence electrons. The van der Waals surface area contributed by atoms with Gasteiger partial charge in [0, 0.05) is 19.0 Å². The van der Waals surface area contributed by atoms with Crippen LogP contribution in [0, 0.1) is 29.6 Å². The van der Waals surface area contributed by atoms with E-state index >= 15 is 0 Å². The fourth-order valence-corrected chi connectivity index (χ4v) is 3.90. The lowest BCUT2D eigenvalue weighted by atomic mass is 9.77. The highest BCUT2D eigenvalue weighted by Crippen LogP contribution is 2.45. The first-order chi connectivity index (χ1) is 7.50. The van der Waals surface area contributed by atoms with Crippen molar-refractivity contribution in [1.82, 2.24) is 4.90 Å². The summed E-state index contributed by atoms with van der Waals surface area (Å²) in [5, 5.41) is 0. The second-order valence-electron chi connectivity index (χ2n) is 6.32. The Morgan fingerprint density at radius 2 is 1.56 bits per heavy atom. The first kappa shape index (κ1) is 11.9. The normalized spacial score (nSPS) is 33.9. The molecule has 2 nitrogen and oxygen atoms in total. The van der Waals surface area contributed by atoms with Gasteiger partial charge >= 0.3 is 0 Å². The molecule has 2 unspecified atom stereocenters. The van der Waals surface area contributed by atoms with E-state index in [2.05, 4.69) is 18.7 Å². The Morgan fingerprint density at radius 3 is 1.94 bits per heavy atom. The Morgan fingerprint density at radius 1 is 1.06 bits per heavy atom. The second-order valence-corrected chi connectivity index (χ2v) is 6.32. The third kappa shape index (κ3) is 1.99. The van der Waals surface area contributed by atoms with Crippen LogP contribution < -0.4 is 0 Å². The molecule has 0 aromatic heterocycles. The van der Waals surface area contributed by atoms with E-state index in [0.717, 1.165) is 36.8 Å². The van der Waals surface area contributed by atoms with E-state index in [1.165, 1.54) is 12.8 Å². The average molecular weight is 223 g/mol. The van der Waals surface area contributed by atoms with E-state index in [1.807, 2.05) is 13.8 Å². The molecule has 2 atom stereocenters. The molecule has 1 saturated carbocycles. The van der Waals surface area contributed by atoms with Crippen molar-refractivity contribution in [2.45, 2.75) is 40.5 Å². The summed E-state index contributed by atoms with van der Waals surface area (Å²) in [5.74, 6) is 3.74. The molecule has 1 saturated heterocycles. The van der Waals surface area contributed by atoms with Crippen LogP contribution in [0.2, 0.25) is 0 Å². The summed E-state index contributed by atoms with van der Waals surface area (Å²) in [7, 11) is 0. The number of likely N-dealkylation sites (tertiary alicyclic amines) is 1. The lowest BCUT2D eigenvalue weighted by Gasteiger charge is -2.40. The molecule has 2 rings (SSSR count). The van der Waals surface area contributed by atoms with Crippen LogP contribution in [0.15, 0.2) is 0 Å². The van der Waals surface area contributed by atoms with Crippen molar-refractivity contribution >= 4 is 5.91 Å². The minimum atomic E-state index is 0.162. The Kier molecular flexibility index (Phi) is 3.27. The number of hydrogen-bond acceptors (Lipinski definition) is 1. The topological polar surface area (TPSA) is 20.3 Å². The van der Waals surface area contributed by atoms with Gasteiger partial charge in [0.2, 0.25) is 5.91 Å². The van der Waals surface area contributed by atoms with Crippen LogP contribution in [-0.2, 0) is 4.79 Å². The monoisotopic (exact) mass is 223 g/mol. The minimum Gasteiger partial charge on any atom is -0.342 e. The number of piperidine rings is 1. The maximum atomic E-state index is 12.0. The molecule has 2 fully saturated rings. The molecule has 2 heteroatoms. The minimum absolute atomic E-state index is 0.162. The van der Waals surface area contributed by atoms with E-state index < -0.39 is 0 Å². The van der Waals surface area contributed by atoms with Gasteiger partial charge in [-0.3, -0.25) is 4.79 Å². The van der Waals surface area contributed by atoms with Gasteiger partial charge in [0.05, 0.1) is 0 Å². The molecule has 2 bridgehead atoms. The molecular weight excluding hydrogens is 198 g/mol. The quantitative estimate of drug-likeness (QED) is 0.705. The number of amides is 1. The average Bonchev–Trinajstić information content (AvgIpc) is 2.49. The number of carbonyl (C=O) groups excluding carboxylic acids is 1. The predicted octanol–water partition coefficient (Wildman–Crippen LogP) is 2.78. The summed E-state index contributed by atoms with van der Waals surface area (Å²) >= 11 is 0. The molecular formula is C14H25NO. The number of fused-ring (bicyclic) bond motifs is 2. The lowest BCUT2D eigenvalue weighted by molar-refractivity contribution is -0.138. The van der Waals surface area contributed by atoms with Crippen molar-refractivity contribution in [3.63, 3.8) is 0 Å². The fraction of sp³-hybridized carbons (Fsp3) is 0.929. The van der Waals surface area contributed by atoms with Crippen molar-refractivity contribution < 1.29 is 4.79 Å². The van der Waals surface area contributed by atoms with Gasteiger partial charge in [0.25, 0.3) is 0 Å². The van der Waals surface area contributed by atoms with Crippen LogP contribution in [0.4, 0.5) is 0 Å². The van der Waals surface area contributed by atoms with E-state index in [4.69, 9.17) is 0 Å². The molecule has 0 aromatic rings. The van der Waals surface area contributed by atoms with Crippen LogP contribution in [0.1, 0.15) is 40.5 Å². The number of rotatable bonds is 2. The zero-order valence-corrected chi connectivity index (χ0v) is 11.1. The molecule has 0 radical (unpaired) electrons.